The van der Waals surface area contributed by atoms with E-state index in [1.807, 2.05) is 13.8 Å². The Kier molecular flexibility index (Phi) is 5.15. The van der Waals surface area contributed by atoms with Crippen molar-refractivity contribution in [1.29, 1.82) is 0 Å². The van der Waals surface area contributed by atoms with Crippen LogP contribution < -0.4 is 5.11 Å². The van der Waals surface area contributed by atoms with Crippen molar-refractivity contribution in [3.8, 4) is 0 Å². The first-order chi connectivity index (χ1) is 8.86. The Bertz CT molecular complexity index is 464. The van der Waals surface area contributed by atoms with Gasteiger partial charge in [-0.25, -0.2) is 0 Å². The Balaban J connectivity index is 2.93. The fourth-order valence-corrected chi connectivity index (χ4v) is 1.95. The zero-order chi connectivity index (χ0) is 14.6. The summed E-state index contributed by atoms with van der Waals surface area (Å²) in [7, 11) is 0. The van der Waals surface area contributed by atoms with Crippen molar-refractivity contribution in [3.05, 3.63) is 23.2 Å². The van der Waals surface area contributed by atoms with Crippen LogP contribution in [-0.4, -0.2) is 29.4 Å². The zero-order valence-corrected chi connectivity index (χ0v) is 11.9. The van der Waals surface area contributed by atoms with E-state index in [1.165, 1.54) is 0 Å². The molecule has 1 rings (SSSR count). The lowest BCUT2D eigenvalue weighted by atomic mass is 10.1. The molecule has 1 heterocycles. The topological polar surface area (TPSA) is 73.6 Å². The Hall–Kier alpha value is -1.78. The lowest BCUT2D eigenvalue weighted by Gasteiger charge is -2.28. The molecule has 0 bridgehead atoms. The lowest BCUT2D eigenvalue weighted by molar-refractivity contribution is -0.305. The first-order valence-electron chi connectivity index (χ1n) is 6.44. The smallest absolute Gasteiger partial charge is 0.257 e. The van der Waals surface area contributed by atoms with E-state index in [2.05, 4.69) is 0 Å². The van der Waals surface area contributed by atoms with E-state index in [4.69, 9.17) is 4.42 Å². The molecule has 0 saturated heterocycles. The molecule has 19 heavy (non-hydrogen) atoms. The van der Waals surface area contributed by atoms with Crippen molar-refractivity contribution >= 4 is 11.9 Å². The molecule has 0 aliphatic rings. The van der Waals surface area contributed by atoms with E-state index in [0.717, 1.165) is 6.42 Å². The number of hydrogen-bond donors (Lipinski definition) is 0. The molecule has 0 unspecified atom stereocenters. The Morgan fingerprint density at radius 2 is 2.05 bits per heavy atom. The van der Waals surface area contributed by atoms with Crippen LogP contribution in [0, 0.1) is 13.8 Å². The SMILES string of the molecule is CC[C@H](C)N(CCC(=O)[O-])C(=O)c1cc(C)oc1C. The summed E-state index contributed by atoms with van der Waals surface area (Å²) >= 11 is 0. The van der Waals surface area contributed by atoms with Crippen LogP contribution in [0.1, 0.15) is 48.6 Å². The van der Waals surface area contributed by atoms with Crippen molar-refractivity contribution in [2.75, 3.05) is 6.54 Å². The summed E-state index contributed by atoms with van der Waals surface area (Å²) < 4.78 is 5.35. The Labute approximate surface area is 113 Å². The van der Waals surface area contributed by atoms with Gasteiger partial charge in [0.15, 0.2) is 0 Å². The third kappa shape index (κ3) is 3.84. The molecule has 0 aliphatic carbocycles. The summed E-state index contributed by atoms with van der Waals surface area (Å²) in [5.74, 6) is -0.111. The van der Waals surface area contributed by atoms with Gasteiger partial charge in [-0.3, -0.25) is 4.79 Å². The fraction of sp³-hybridized carbons (Fsp3) is 0.571. The van der Waals surface area contributed by atoms with Crippen LogP contribution >= 0.6 is 0 Å². The quantitative estimate of drug-likeness (QED) is 0.777. The minimum Gasteiger partial charge on any atom is -0.550 e. The maximum atomic E-state index is 12.4. The minimum absolute atomic E-state index is 0.0264. The van der Waals surface area contributed by atoms with E-state index in [-0.39, 0.29) is 24.9 Å². The van der Waals surface area contributed by atoms with Crippen LogP contribution in [0.4, 0.5) is 0 Å². The number of carboxylic acids is 1. The number of carbonyl (C=O) groups is 2. The molecular weight excluding hydrogens is 246 g/mol. The molecule has 0 spiro atoms. The average molecular weight is 266 g/mol. The van der Waals surface area contributed by atoms with Gasteiger partial charge in [0.1, 0.15) is 11.5 Å². The molecule has 1 aromatic heterocycles. The van der Waals surface area contributed by atoms with Crippen LogP contribution in [0.2, 0.25) is 0 Å². The first kappa shape index (κ1) is 15.3. The molecular formula is C14H20NO4-. The van der Waals surface area contributed by atoms with Crippen LogP contribution in [0.3, 0.4) is 0 Å². The van der Waals surface area contributed by atoms with Gasteiger partial charge in [0.25, 0.3) is 5.91 Å². The third-order valence-electron chi connectivity index (χ3n) is 3.21. The molecule has 5 heteroatoms. The molecule has 0 N–H and O–H groups in total. The summed E-state index contributed by atoms with van der Waals surface area (Å²) in [6.07, 6.45) is 0.598. The first-order valence-corrected chi connectivity index (χ1v) is 6.44. The number of carboxylic acid groups (broad SMARTS) is 1. The maximum Gasteiger partial charge on any atom is 0.257 e. The molecule has 106 valence electrons. The van der Waals surface area contributed by atoms with Gasteiger partial charge in [-0.15, -0.1) is 0 Å². The molecule has 0 aliphatic heterocycles. The summed E-state index contributed by atoms with van der Waals surface area (Å²) in [4.78, 5) is 24.6. The molecule has 0 radical (unpaired) electrons. The van der Waals surface area contributed by atoms with Gasteiger partial charge in [-0.05, 0) is 33.3 Å². The van der Waals surface area contributed by atoms with E-state index in [1.54, 1.807) is 24.8 Å². The molecule has 1 atom stereocenters. The van der Waals surface area contributed by atoms with Gasteiger partial charge in [0, 0.05) is 25.0 Å². The van der Waals surface area contributed by atoms with Crippen molar-refractivity contribution in [3.63, 3.8) is 0 Å². The van der Waals surface area contributed by atoms with Gasteiger partial charge >= 0.3 is 0 Å². The largest absolute Gasteiger partial charge is 0.550 e. The predicted molar refractivity (Wildman–Crippen MR) is 68.6 cm³/mol. The summed E-state index contributed by atoms with van der Waals surface area (Å²) in [5.41, 5.74) is 0.496. The highest BCUT2D eigenvalue weighted by Crippen LogP contribution is 2.18. The second-order valence-corrected chi connectivity index (χ2v) is 4.70. The van der Waals surface area contributed by atoms with Gasteiger partial charge < -0.3 is 19.2 Å². The number of aliphatic carboxylic acids is 1. The number of nitrogens with zero attached hydrogens (tertiary/aromatic N) is 1. The number of rotatable bonds is 6. The normalized spacial score (nSPS) is 12.2. The second kappa shape index (κ2) is 6.41. The monoisotopic (exact) mass is 266 g/mol. The Morgan fingerprint density at radius 3 is 2.47 bits per heavy atom. The third-order valence-corrected chi connectivity index (χ3v) is 3.21. The zero-order valence-electron chi connectivity index (χ0n) is 11.9. The summed E-state index contributed by atoms with van der Waals surface area (Å²) in [5, 5.41) is 10.6. The highest BCUT2D eigenvalue weighted by Gasteiger charge is 2.23. The molecule has 1 amide bonds. The van der Waals surface area contributed by atoms with Gasteiger partial charge in [-0.1, -0.05) is 6.92 Å². The molecule has 0 saturated carbocycles. The number of amides is 1. The molecule has 0 aromatic carbocycles. The van der Waals surface area contributed by atoms with Crippen molar-refractivity contribution in [2.24, 2.45) is 0 Å². The number of furan rings is 1. The Morgan fingerprint density at radius 1 is 1.42 bits per heavy atom. The van der Waals surface area contributed by atoms with Gasteiger partial charge in [0.05, 0.1) is 5.56 Å². The van der Waals surface area contributed by atoms with E-state index < -0.39 is 5.97 Å². The van der Waals surface area contributed by atoms with E-state index in [0.29, 0.717) is 17.1 Å². The highest BCUT2D eigenvalue weighted by atomic mass is 16.4. The van der Waals surface area contributed by atoms with Crippen molar-refractivity contribution in [1.82, 2.24) is 4.90 Å². The minimum atomic E-state index is -1.15. The van der Waals surface area contributed by atoms with E-state index in [9.17, 15) is 14.7 Å². The lowest BCUT2D eigenvalue weighted by Crippen LogP contribution is -2.41. The molecule has 0 fully saturated rings. The molecule has 1 aromatic rings. The van der Waals surface area contributed by atoms with Gasteiger partial charge in [-0.2, -0.15) is 0 Å². The van der Waals surface area contributed by atoms with Crippen LogP contribution in [0.15, 0.2) is 10.5 Å². The summed E-state index contributed by atoms with van der Waals surface area (Å²) in [6, 6.07) is 1.66. The van der Waals surface area contributed by atoms with Crippen LogP contribution in [-0.2, 0) is 4.79 Å². The number of hydrogen-bond acceptors (Lipinski definition) is 4. The average Bonchev–Trinajstić information content (AvgIpc) is 2.67. The number of carbonyl (C=O) groups excluding carboxylic acids is 2. The van der Waals surface area contributed by atoms with Crippen molar-refractivity contribution < 1.29 is 19.1 Å². The molecule has 5 nitrogen and oxygen atoms in total. The standard InChI is InChI=1S/C14H21NO4/c1-5-9(2)15(7-6-13(16)17)14(18)12-8-10(3)19-11(12)4/h8-9H,5-7H2,1-4H3,(H,16,17)/p-1/t9-/m0/s1. The van der Waals surface area contributed by atoms with Gasteiger partial charge in [0.2, 0.25) is 0 Å². The second-order valence-electron chi connectivity index (χ2n) is 4.70. The van der Waals surface area contributed by atoms with Crippen LogP contribution in [0.25, 0.3) is 0 Å². The summed E-state index contributed by atoms with van der Waals surface area (Å²) in [6.45, 7) is 7.51. The van der Waals surface area contributed by atoms with Crippen molar-refractivity contribution in [2.45, 2.75) is 46.6 Å². The number of aryl methyl sites for hydroxylation is 2. The predicted octanol–water partition coefficient (Wildman–Crippen LogP) is 1.28. The fourth-order valence-electron chi connectivity index (χ4n) is 1.95. The van der Waals surface area contributed by atoms with Crippen LogP contribution in [0.5, 0.6) is 0 Å². The van der Waals surface area contributed by atoms with E-state index >= 15 is 0 Å². The maximum absolute atomic E-state index is 12.4. The highest BCUT2D eigenvalue weighted by molar-refractivity contribution is 5.95.